The lowest BCUT2D eigenvalue weighted by Crippen LogP contribution is -2.54. The number of nitrogens with one attached hydrogen (secondary N) is 2. The van der Waals surface area contributed by atoms with E-state index in [1.807, 2.05) is 0 Å². The number of amides is 2. The Morgan fingerprint density at radius 2 is 1.78 bits per heavy atom. The van der Waals surface area contributed by atoms with Gasteiger partial charge in [-0.2, -0.15) is 8.78 Å². The van der Waals surface area contributed by atoms with Crippen LogP contribution in [-0.2, 0) is 9.59 Å². The number of rotatable bonds is 7. The predicted octanol–water partition coefficient (Wildman–Crippen LogP) is 4.68. The zero-order chi connectivity index (χ0) is 22.3. The van der Waals surface area contributed by atoms with Gasteiger partial charge in [0.1, 0.15) is 5.75 Å². The van der Waals surface area contributed by atoms with E-state index in [2.05, 4.69) is 20.4 Å². The smallest absolute Gasteiger partial charge is 0.387 e. The third-order valence-corrected chi connectivity index (χ3v) is 7.82. The average Bonchev–Trinajstić information content (AvgIpc) is 3.19. The molecule has 32 heavy (non-hydrogen) atoms. The fourth-order valence-electron chi connectivity index (χ4n) is 6.23. The molecular weight excluding hydrogens is 436 g/mol. The summed E-state index contributed by atoms with van der Waals surface area (Å²) in [5.41, 5.74) is 0.552. The van der Waals surface area contributed by atoms with E-state index in [0.29, 0.717) is 34.1 Å². The topological polar surface area (TPSA) is 80.3 Å². The lowest BCUT2D eigenvalue weighted by atomic mass is 9.49. The van der Waals surface area contributed by atoms with E-state index >= 15 is 0 Å². The molecular formula is C23H25F2N3O3S. The van der Waals surface area contributed by atoms with Crippen LogP contribution in [0.1, 0.15) is 38.5 Å². The second-order valence-electron chi connectivity index (χ2n) is 9.34. The molecule has 1 aromatic carbocycles. The average molecular weight is 462 g/mol. The van der Waals surface area contributed by atoms with Gasteiger partial charge in [0.25, 0.3) is 0 Å². The van der Waals surface area contributed by atoms with Crippen LogP contribution in [0.15, 0.2) is 29.6 Å². The summed E-state index contributed by atoms with van der Waals surface area (Å²) in [6.07, 6.45) is 6.60. The van der Waals surface area contributed by atoms with E-state index in [-0.39, 0.29) is 29.5 Å². The minimum atomic E-state index is -2.94. The molecule has 6 rings (SSSR count). The first kappa shape index (κ1) is 21.3. The van der Waals surface area contributed by atoms with E-state index in [1.54, 1.807) is 23.6 Å². The van der Waals surface area contributed by atoms with Gasteiger partial charge in [0.2, 0.25) is 11.8 Å². The molecule has 0 spiro atoms. The van der Waals surface area contributed by atoms with Crippen LogP contribution in [0.25, 0.3) is 11.3 Å². The minimum Gasteiger partial charge on any atom is -0.434 e. The van der Waals surface area contributed by atoms with Crippen molar-refractivity contribution < 1.29 is 23.1 Å². The highest BCUT2D eigenvalue weighted by Crippen LogP contribution is 2.60. The molecule has 0 aliphatic heterocycles. The molecule has 4 fully saturated rings. The minimum absolute atomic E-state index is 0.00431. The highest BCUT2D eigenvalue weighted by molar-refractivity contribution is 7.14. The molecule has 9 heteroatoms. The SMILES string of the molecule is O=C(CNC(=O)C12CC3CC(CC(C3)C1)C2)Nc1nc(-c2ccccc2OC(F)F)cs1. The van der Waals surface area contributed by atoms with Crippen LogP contribution in [0.5, 0.6) is 5.75 Å². The van der Waals surface area contributed by atoms with Gasteiger partial charge in [-0.15, -0.1) is 11.3 Å². The van der Waals surface area contributed by atoms with Crippen molar-refractivity contribution in [3.8, 4) is 17.0 Å². The first-order valence-electron chi connectivity index (χ1n) is 11.0. The number of nitrogens with zero attached hydrogens (tertiary/aromatic N) is 1. The highest BCUT2D eigenvalue weighted by atomic mass is 32.1. The van der Waals surface area contributed by atoms with Gasteiger partial charge >= 0.3 is 6.61 Å². The van der Waals surface area contributed by atoms with Crippen LogP contribution >= 0.6 is 11.3 Å². The van der Waals surface area contributed by atoms with E-state index in [1.165, 1.54) is 36.7 Å². The lowest BCUT2D eigenvalue weighted by molar-refractivity contribution is -0.146. The molecule has 6 nitrogen and oxygen atoms in total. The fraction of sp³-hybridized carbons (Fsp3) is 0.522. The summed E-state index contributed by atoms with van der Waals surface area (Å²) in [6, 6.07) is 6.37. The van der Waals surface area contributed by atoms with Crippen molar-refractivity contribution in [3.63, 3.8) is 0 Å². The number of aromatic nitrogens is 1. The third kappa shape index (κ3) is 4.22. The first-order valence-corrected chi connectivity index (χ1v) is 11.9. The number of para-hydroxylation sites is 1. The molecule has 1 heterocycles. The van der Waals surface area contributed by atoms with Gasteiger partial charge in [0.05, 0.1) is 12.2 Å². The summed E-state index contributed by atoms with van der Waals surface area (Å²) < 4.78 is 29.8. The zero-order valence-corrected chi connectivity index (χ0v) is 18.3. The van der Waals surface area contributed by atoms with Crippen molar-refractivity contribution in [1.29, 1.82) is 0 Å². The molecule has 1 aromatic heterocycles. The van der Waals surface area contributed by atoms with E-state index in [0.717, 1.165) is 19.3 Å². The monoisotopic (exact) mass is 461 g/mol. The number of carbonyl (C=O) groups excluding carboxylic acids is 2. The summed E-state index contributed by atoms with van der Waals surface area (Å²) >= 11 is 1.18. The van der Waals surface area contributed by atoms with Crippen LogP contribution in [0.4, 0.5) is 13.9 Å². The Hall–Kier alpha value is -2.55. The molecule has 4 bridgehead atoms. The number of hydrogen-bond acceptors (Lipinski definition) is 5. The first-order chi connectivity index (χ1) is 15.4. The van der Waals surface area contributed by atoms with Crippen molar-refractivity contribution >= 4 is 28.3 Å². The van der Waals surface area contributed by atoms with E-state index in [4.69, 9.17) is 0 Å². The van der Waals surface area contributed by atoms with Crippen LogP contribution in [-0.4, -0.2) is 30.0 Å². The number of hydrogen-bond donors (Lipinski definition) is 2. The van der Waals surface area contributed by atoms with Gasteiger partial charge in [-0.1, -0.05) is 12.1 Å². The Morgan fingerprint density at radius 3 is 2.44 bits per heavy atom. The van der Waals surface area contributed by atoms with E-state index < -0.39 is 6.61 Å². The maximum Gasteiger partial charge on any atom is 0.387 e. The second kappa shape index (κ2) is 8.42. The Kier molecular flexibility index (Phi) is 5.61. The van der Waals surface area contributed by atoms with Crippen molar-refractivity contribution in [2.24, 2.45) is 23.2 Å². The van der Waals surface area contributed by atoms with Crippen molar-refractivity contribution in [3.05, 3.63) is 29.6 Å². The number of carbonyl (C=O) groups is 2. The Morgan fingerprint density at radius 1 is 1.12 bits per heavy atom. The molecule has 4 aliphatic carbocycles. The van der Waals surface area contributed by atoms with Crippen LogP contribution in [0, 0.1) is 23.2 Å². The summed E-state index contributed by atoms with van der Waals surface area (Å²) in [5, 5.41) is 7.54. The van der Waals surface area contributed by atoms with Crippen molar-refractivity contribution in [2.75, 3.05) is 11.9 Å². The standard InChI is InChI=1S/C23H25F2N3O3S/c24-21(25)31-18-4-2-1-3-16(18)17-12-32-22(27-17)28-19(29)11-26-20(30)23-8-13-5-14(9-23)7-15(6-13)10-23/h1-4,12-15,21H,5-11H2,(H,26,30)(H,27,28,29). The molecule has 0 unspecified atom stereocenters. The maximum atomic E-state index is 13.0. The molecule has 0 radical (unpaired) electrons. The Balaban J connectivity index is 1.18. The zero-order valence-electron chi connectivity index (χ0n) is 17.5. The molecule has 2 N–H and O–H groups in total. The molecule has 4 aliphatic rings. The second-order valence-corrected chi connectivity index (χ2v) is 10.2. The lowest BCUT2D eigenvalue weighted by Gasteiger charge is -2.55. The van der Waals surface area contributed by atoms with Gasteiger partial charge in [-0.25, -0.2) is 4.98 Å². The fourth-order valence-corrected chi connectivity index (χ4v) is 6.96. The summed E-state index contributed by atoms with van der Waals surface area (Å²) in [6.45, 7) is -3.05. The number of thiazole rings is 1. The molecule has 170 valence electrons. The number of halogens is 2. The quantitative estimate of drug-likeness (QED) is 0.627. The van der Waals surface area contributed by atoms with Crippen LogP contribution < -0.4 is 15.4 Å². The molecule has 2 amide bonds. The summed E-state index contributed by atoms with van der Waals surface area (Å²) in [5.74, 6) is 1.64. The number of alkyl halides is 2. The number of benzene rings is 1. The van der Waals surface area contributed by atoms with Gasteiger partial charge in [0, 0.05) is 16.4 Å². The molecule has 0 saturated heterocycles. The van der Waals surface area contributed by atoms with E-state index in [9.17, 15) is 18.4 Å². The maximum absolute atomic E-state index is 13.0. The Bertz CT molecular complexity index is 990. The largest absolute Gasteiger partial charge is 0.434 e. The van der Waals surface area contributed by atoms with Gasteiger partial charge in [0.15, 0.2) is 5.13 Å². The van der Waals surface area contributed by atoms with Crippen molar-refractivity contribution in [2.45, 2.75) is 45.1 Å². The third-order valence-electron chi connectivity index (χ3n) is 7.06. The molecule has 0 atom stereocenters. The van der Waals surface area contributed by atoms with Gasteiger partial charge < -0.3 is 15.4 Å². The van der Waals surface area contributed by atoms with Gasteiger partial charge in [-0.05, 0) is 68.4 Å². The summed E-state index contributed by atoms with van der Waals surface area (Å²) in [4.78, 5) is 29.7. The van der Waals surface area contributed by atoms with Crippen LogP contribution in [0.2, 0.25) is 0 Å². The predicted molar refractivity (Wildman–Crippen MR) is 116 cm³/mol. The van der Waals surface area contributed by atoms with Gasteiger partial charge in [-0.3, -0.25) is 9.59 Å². The number of anilines is 1. The summed E-state index contributed by atoms with van der Waals surface area (Å²) in [7, 11) is 0. The Labute approximate surface area is 188 Å². The van der Waals surface area contributed by atoms with Crippen LogP contribution in [0.3, 0.4) is 0 Å². The molecule has 2 aromatic rings. The molecule has 4 saturated carbocycles. The van der Waals surface area contributed by atoms with Crippen molar-refractivity contribution in [1.82, 2.24) is 10.3 Å². The normalized spacial score (nSPS) is 28.0. The highest BCUT2D eigenvalue weighted by Gasteiger charge is 2.54. The number of ether oxygens (including phenoxy) is 1.